The smallest absolute Gasteiger partial charge is 0.389 e. The van der Waals surface area contributed by atoms with E-state index in [4.69, 9.17) is 5.11 Å². The van der Waals surface area contributed by atoms with Gasteiger partial charge in [-0.25, -0.2) is 0 Å². The second kappa shape index (κ2) is 5.56. The lowest BCUT2D eigenvalue weighted by atomic mass is 10.2. The molecule has 17 heavy (non-hydrogen) atoms. The van der Waals surface area contributed by atoms with Gasteiger partial charge < -0.3 is 10.4 Å². The Morgan fingerprint density at radius 2 is 2.06 bits per heavy atom. The minimum absolute atomic E-state index is 0.0482. The van der Waals surface area contributed by atoms with Gasteiger partial charge in [-0.05, 0) is 17.7 Å². The predicted molar refractivity (Wildman–Crippen MR) is 55.2 cm³/mol. The summed E-state index contributed by atoms with van der Waals surface area (Å²) in [7, 11) is 0. The first kappa shape index (κ1) is 13.3. The number of rotatable bonds is 4. The van der Waals surface area contributed by atoms with Crippen LogP contribution < -0.4 is 5.32 Å². The van der Waals surface area contributed by atoms with Gasteiger partial charge in [0.25, 0.3) is 0 Å². The van der Waals surface area contributed by atoms with Crippen molar-refractivity contribution in [1.29, 1.82) is 0 Å². The molecule has 94 valence electrons. The normalized spacial score (nSPS) is 11.2. The molecule has 0 saturated heterocycles. The molecule has 0 aliphatic rings. The number of halogens is 3. The van der Waals surface area contributed by atoms with Crippen molar-refractivity contribution >= 4 is 5.91 Å². The molecule has 2 N–H and O–H groups in total. The van der Waals surface area contributed by atoms with E-state index < -0.39 is 24.9 Å². The number of amides is 1. The van der Waals surface area contributed by atoms with Crippen molar-refractivity contribution in [2.75, 3.05) is 0 Å². The van der Waals surface area contributed by atoms with Crippen LogP contribution in [0.2, 0.25) is 0 Å². The maximum atomic E-state index is 11.8. The number of carbonyl (C=O) groups is 1. The van der Waals surface area contributed by atoms with Crippen molar-refractivity contribution in [3.63, 3.8) is 0 Å². The molecule has 1 aromatic rings. The van der Waals surface area contributed by atoms with E-state index in [-0.39, 0.29) is 12.3 Å². The highest BCUT2D eigenvalue weighted by Crippen LogP contribution is 2.21. The second-order valence-electron chi connectivity index (χ2n) is 3.56. The molecule has 0 heterocycles. The molecule has 0 unspecified atom stereocenters. The van der Waals surface area contributed by atoms with Gasteiger partial charge in [-0.1, -0.05) is 12.1 Å². The number of alkyl halides is 3. The lowest BCUT2D eigenvalue weighted by Gasteiger charge is -2.07. The van der Waals surface area contributed by atoms with E-state index in [1.54, 1.807) is 12.1 Å². The first-order chi connectivity index (χ1) is 7.87. The van der Waals surface area contributed by atoms with Crippen molar-refractivity contribution in [2.24, 2.45) is 0 Å². The summed E-state index contributed by atoms with van der Waals surface area (Å²) in [6.07, 6.45) is -6.02. The number of benzene rings is 1. The number of hydrogen-bond donors (Lipinski definition) is 2. The maximum Gasteiger partial charge on any atom is 0.389 e. The highest BCUT2D eigenvalue weighted by Gasteiger charge is 2.27. The quantitative estimate of drug-likeness (QED) is 0.858. The topological polar surface area (TPSA) is 49.3 Å². The van der Waals surface area contributed by atoms with Crippen molar-refractivity contribution in [3.8, 4) is 5.75 Å². The van der Waals surface area contributed by atoms with Gasteiger partial charge >= 0.3 is 6.18 Å². The predicted octanol–water partition coefficient (Wildman–Crippen LogP) is 2.35. The summed E-state index contributed by atoms with van der Waals surface area (Å²) in [5, 5.41) is 11.5. The Morgan fingerprint density at radius 1 is 1.35 bits per heavy atom. The fraction of sp³-hybridized carbons (Fsp3) is 0.364. The molecule has 0 bridgehead atoms. The number of carbonyl (C=O) groups excluding carboxylic acids is 1. The van der Waals surface area contributed by atoms with Gasteiger partial charge in [0, 0.05) is 13.0 Å². The molecule has 0 aliphatic heterocycles. The average Bonchev–Trinajstić information content (AvgIpc) is 2.23. The summed E-state index contributed by atoms with van der Waals surface area (Å²) < 4.78 is 35.5. The Morgan fingerprint density at radius 3 is 2.65 bits per heavy atom. The van der Waals surface area contributed by atoms with E-state index >= 15 is 0 Å². The van der Waals surface area contributed by atoms with E-state index in [1.165, 1.54) is 12.1 Å². The molecule has 0 fully saturated rings. The second-order valence-corrected chi connectivity index (χ2v) is 3.56. The van der Waals surface area contributed by atoms with Gasteiger partial charge in [0.15, 0.2) is 0 Å². The van der Waals surface area contributed by atoms with Crippen LogP contribution in [0.15, 0.2) is 24.3 Å². The zero-order chi connectivity index (χ0) is 12.9. The van der Waals surface area contributed by atoms with Gasteiger partial charge in [-0.3, -0.25) is 4.79 Å². The summed E-state index contributed by atoms with van der Waals surface area (Å²) in [6.45, 7) is 0.102. The molecule has 1 rings (SSSR count). The molecule has 0 atom stereocenters. The molecule has 0 radical (unpaired) electrons. The molecule has 1 aromatic carbocycles. The van der Waals surface area contributed by atoms with Crippen LogP contribution in [-0.4, -0.2) is 17.2 Å². The molecule has 0 spiro atoms. The standard InChI is InChI=1S/C11H12F3NO2/c12-11(13,14)5-4-10(17)15-7-8-2-1-3-9(16)6-8/h1-3,6,16H,4-5,7H2,(H,15,17). The summed E-state index contributed by atoms with van der Waals surface area (Å²) >= 11 is 0. The van der Waals surface area contributed by atoms with Crippen LogP contribution in [0.1, 0.15) is 18.4 Å². The van der Waals surface area contributed by atoms with Gasteiger partial charge in [0.2, 0.25) is 5.91 Å². The Kier molecular flexibility index (Phi) is 4.37. The van der Waals surface area contributed by atoms with E-state index in [9.17, 15) is 18.0 Å². The van der Waals surface area contributed by atoms with Crippen LogP contribution in [-0.2, 0) is 11.3 Å². The van der Waals surface area contributed by atoms with Crippen LogP contribution in [0.3, 0.4) is 0 Å². The molecular weight excluding hydrogens is 235 g/mol. The number of phenols is 1. The van der Waals surface area contributed by atoms with Gasteiger partial charge in [-0.15, -0.1) is 0 Å². The first-order valence-electron chi connectivity index (χ1n) is 4.98. The summed E-state index contributed by atoms with van der Waals surface area (Å²) in [5.74, 6) is -0.613. The van der Waals surface area contributed by atoms with Crippen molar-refractivity contribution in [3.05, 3.63) is 29.8 Å². The molecule has 0 saturated carbocycles. The third-order valence-electron chi connectivity index (χ3n) is 2.04. The highest BCUT2D eigenvalue weighted by molar-refractivity contribution is 5.75. The fourth-order valence-corrected chi connectivity index (χ4v) is 1.21. The third-order valence-corrected chi connectivity index (χ3v) is 2.04. The SMILES string of the molecule is O=C(CCC(F)(F)F)NCc1cccc(O)c1. The summed E-state index contributed by atoms with van der Waals surface area (Å²) in [4.78, 5) is 11.1. The Bertz CT molecular complexity index is 391. The van der Waals surface area contributed by atoms with E-state index in [1.807, 2.05) is 0 Å². The van der Waals surface area contributed by atoms with E-state index in [2.05, 4.69) is 5.32 Å². The zero-order valence-corrected chi connectivity index (χ0v) is 8.92. The Hall–Kier alpha value is -1.72. The van der Waals surface area contributed by atoms with Crippen LogP contribution in [0, 0.1) is 0 Å². The number of nitrogens with one attached hydrogen (secondary N) is 1. The maximum absolute atomic E-state index is 11.8. The van der Waals surface area contributed by atoms with Gasteiger partial charge in [-0.2, -0.15) is 13.2 Å². The van der Waals surface area contributed by atoms with E-state index in [0.717, 1.165) is 0 Å². The lowest BCUT2D eigenvalue weighted by molar-refractivity contribution is -0.144. The molecular formula is C11H12F3NO2. The molecule has 6 heteroatoms. The Balaban J connectivity index is 2.33. The van der Waals surface area contributed by atoms with Crippen molar-refractivity contribution in [2.45, 2.75) is 25.6 Å². The van der Waals surface area contributed by atoms with Gasteiger partial charge in [0.1, 0.15) is 5.75 Å². The van der Waals surface area contributed by atoms with Crippen LogP contribution in [0.5, 0.6) is 5.75 Å². The minimum Gasteiger partial charge on any atom is -0.508 e. The van der Waals surface area contributed by atoms with Crippen LogP contribution in [0.4, 0.5) is 13.2 Å². The van der Waals surface area contributed by atoms with Gasteiger partial charge in [0.05, 0.1) is 6.42 Å². The Labute approximate surface area is 96.3 Å². The minimum atomic E-state index is -4.32. The van der Waals surface area contributed by atoms with Crippen LogP contribution >= 0.6 is 0 Å². The average molecular weight is 247 g/mol. The number of hydrogen-bond acceptors (Lipinski definition) is 2. The first-order valence-corrected chi connectivity index (χ1v) is 4.98. The van der Waals surface area contributed by atoms with E-state index in [0.29, 0.717) is 5.56 Å². The monoisotopic (exact) mass is 247 g/mol. The molecule has 0 aliphatic carbocycles. The number of phenolic OH excluding ortho intramolecular Hbond substituents is 1. The zero-order valence-electron chi connectivity index (χ0n) is 8.92. The van der Waals surface area contributed by atoms with Crippen molar-refractivity contribution in [1.82, 2.24) is 5.32 Å². The lowest BCUT2D eigenvalue weighted by Crippen LogP contribution is -2.24. The molecule has 3 nitrogen and oxygen atoms in total. The highest BCUT2D eigenvalue weighted by atomic mass is 19.4. The fourth-order valence-electron chi connectivity index (χ4n) is 1.21. The molecule has 1 amide bonds. The number of aromatic hydroxyl groups is 1. The summed E-state index contributed by atoms with van der Waals surface area (Å²) in [6, 6.07) is 6.15. The molecule has 0 aromatic heterocycles. The van der Waals surface area contributed by atoms with Crippen LogP contribution in [0.25, 0.3) is 0 Å². The third kappa shape index (κ3) is 5.79. The summed E-state index contributed by atoms with van der Waals surface area (Å²) in [5.41, 5.74) is 0.630. The van der Waals surface area contributed by atoms with Crippen molar-refractivity contribution < 1.29 is 23.1 Å². The largest absolute Gasteiger partial charge is 0.508 e.